The van der Waals surface area contributed by atoms with Gasteiger partial charge < -0.3 is 10.6 Å². The molecule has 2 amide bonds. The van der Waals surface area contributed by atoms with Crippen LogP contribution in [0.5, 0.6) is 0 Å². The molecular weight excluding hydrogens is 240 g/mol. The summed E-state index contributed by atoms with van der Waals surface area (Å²) < 4.78 is 0. The highest BCUT2D eigenvalue weighted by molar-refractivity contribution is 5.78. The second kappa shape index (κ2) is 6.40. The van der Waals surface area contributed by atoms with Crippen molar-refractivity contribution in [3.8, 4) is 0 Å². The normalized spacial score (nSPS) is 28.7. The van der Waals surface area contributed by atoms with E-state index in [1.807, 2.05) is 13.8 Å². The quantitative estimate of drug-likeness (QED) is 0.719. The zero-order valence-corrected chi connectivity index (χ0v) is 12.1. The molecule has 0 saturated heterocycles. The fraction of sp³-hybridized carbons (Fsp3) is 0.867. The summed E-state index contributed by atoms with van der Waals surface area (Å²) in [6, 6.07) is 0. The van der Waals surface area contributed by atoms with Gasteiger partial charge in [0, 0.05) is 25.4 Å². The largest absolute Gasteiger partial charge is 0.354 e. The Morgan fingerprint density at radius 1 is 1.11 bits per heavy atom. The minimum atomic E-state index is 0.00439. The average Bonchev–Trinajstić information content (AvgIpc) is 2.96. The molecule has 19 heavy (non-hydrogen) atoms. The van der Waals surface area contributed by atoms with Crippen molar-refractivity contribution >= 4 is 11.8 Å². The van der Waals surface area contributed by atoms with Crippen LogP contribution < -0.4 is 10.6 Å². The molecule has 0 aliphatic heterocycles. The molecule has 2 aliphatic rings. The van der Waals surface area contributed by atoms with E-state index in [0.29, 0.717) is 25.4 Å². The van der Waals surface area contributed by atoms with E-state index in [1.165, 1.54) is 25.7 Å². The average molecular weight is 266 g/mol. The molecule has 0 aromatic rings. The van der Waals surface area contributed by atoms with Gasteiger partial charge in [0.2, 0.25) is 11.8 Å². The molecule has 2 fully saturated rings. The van der Waals surface area contributed by atoms with Gasteiger partial charge in [-0.25, -0.2) is 0 Å². The Balaban J connectivity index is 1.56. The van der Waals surface area contributed by atoms with E-state index in [1.54, 1.807) is 0 Å². The number of carbonyl (C=O) groups excluding carboxylic acids is 2. The van der Waals surface area contributed by atoms with Crippen LogP contribution in [0.2, 0.25) is 0 Å². The van der Waals surface area contributed by atoms with Gasteiger partial charge in [0.05, 0.1) is 0 Å². The smallest absolute Gasteiger partial charge is 0.222 e. The summed E-state index contributed by atoms with van der Waals surface area (Å²) in [7, 11) is 0. The summed E-state index contributed by atoms with van der Waals surface area (Å²) >= 11 is 0. The monoisotopic (exact) mass is 266 g/mol. The van der Waals surface area contributed by atoms with Gasteiger partial charge in [-0.3, -0.25) is 9.59 Å². The number of hydrogen-bond acceptors (Lipinski definition) is 2. The fourth-order valence-corrected chi connectivity index (χ4v) is 3.53. The molecule has 0 spiro atoms. The molecule has 0 aromatic heterocycles. The van der Waals surface area contributed by atoms with Crippen LogP contribution in [0.4, 0.5) is 0 Å². The maximum atomic E-state index is 11.8. The Hall–Kier alpha value is -1.06. The van der Waals surface area contributed by atoms with Gasteiger partial charge in [0.25, 0.3) is 0 Å². The van der Waals surface area contributed by atoms with E-state index in [0.717, 1.165) is 11.8 Å². The van der Waals surface area contributed by atoms with Crippen molar-refractivity contribution in [1.29, 1.82) is 0 Å². The number of rotatable bonds is 6. The first-order chi connectivity index (χ1) is 9.06. The van der Waals surface area contributed by atoms with Crippen LogP contribution in [0, 0.1) is 23.7 Å². The number of hydrogen-bond donors (Lipinski definition) is 2. The molecule has 3 atom stereocenters. The lowest BCUT2D eigenvalue weighted by molar-refractivity contribution is -0.125. The number of amides is 2. The molecule has 0 heterocycles. The first-order valence-corrected chi connectivity index (χ1v) is 7.60. The maximum absolute atomic E-state index is 11.8. The van der Waals surface area contributed by atoms with Gasteiger partial charge in [0.1, 0.15) is 0 Å². The summed E-state index contributed by atoms with van der Waals surface area (Å²) in [5, 5.41) is 5.71. The summed E-state index contributed by atoms with van der Waals surface area (Å²) in [6.07, 6.45) is 5.99. The zero-order valence-electron chi connectivity index (χ0n) is 12.1. The molecule has 4 nitrogen and oxygen atoms in total. The van der Waals surface area contributed by atoms with Crippen LogP contribution in [0.3, 0.4) is 0 Å². The molecule has 2 aliphatic carbocycles. The van der Waals surface area contributed by atoms with E-state index in [9.17, 15) is 9.59 Å². The topological polar surface area (TPSA) is 58.2 Å². The second-order valence-electron chi connectivity index (χ2n) is 6.43. The van der Waals surface area contributed by atoms with E-state index >= 15 is 0 Å². The lowest BCUT2D eigenvalue weighted by Gasteiger charge is -2.20. The van der Waals surface area contributed by atoms with E-state index in [-0.39, 0.29) is 17.7 Å². The highest BCUT2D eigenvalue weighted by atomic mass is 16.2. The predicted molar refractivity (Wildman–Crippen MR) is 74.4 cm³/mol. The number of carbonyl (C=O) groups is 2. The Labute approximate surface area is 115 Å². The molecule has 4 heteroatoms. The second-order valence-corrected chi connectivity index (χ2v) is 6.43. The molecule has 2 bridgehead atoms. The molecule has 3 unspecified atom stereocenters. The molecule has 2 rings (SSSR count). The summed E-state index contributed by atoms with van der Waals surface area (Å²) in [5.74, 6) is 2.51. The van der Waals surface area contributed by atoms with Crippen molar-refractivity contribution in [2.75, 3.05) is 13.1 Å². The first-order valence-electron chi connectivity index (χ1n) is 7.60. The Morgan fingerprint density at radius 2 is 1.84 bits per heavy atom. The molecular formula is C15H26N2O2. The third-order valence-electron chi connectivity index (χ3n) is 4.60. The first kappa shape index (κ1) is 14.4. The Kier molecular flexibility index (Phi) is 4.83. The van der Waals surface area contributed by atoms with Crippen molar-refractivity contribution < 1.29 is 9.59 Å². The molecule has 2 N–H and O–H groups in total. The molecule has 0 radical (unpaired) electrons. The van der Waals surface area contributed by atoms with Gasteiger partial charge in [-0.05, 0) is 37.0 Å². The minimum Gasteiger partial charge on any atom is -0.354 e. The van der Waals surface area contributed by atoms with E-state index < -0.39 is 0 Å². The van der Waals surface area contributed by atoms with Crippen molar-refractivity contribution in [3.05, 3.63) is 0 Å². The lowest BCUT2D eigenvalue weighted by atomic mass is 9.86. The third-order valence-corrected chi connectivity index (χ3v) is 4.60. The maximum Gasteiger partial charge on any atom is 0.222 e. The summed E-state index contributed by atoms with van der Waals surface area (Å²) in [4.78, 5) is 23.2. The van der Waals surface area contributed by atoms with Crippen molar-refractivity contribution in [1.82, 2.24) is 10.6 Å². The van der Waals surface area contributed by atoms with Gasteiger partial charge in [-0.2, -0.15) is 0 Å². The molecule has 2 saturated carbocycles. The van der Waals surface area contributed by atoms with Crippen molar-refractivity contribution in [2.24, 2.45) is 23.7 Å². The molecule has 108 valence electrons. The minimum absolute atomic E-state index is 0.00439. The Bertz CT molecular complexity index is 341. The predicted octanol–water partition coefficient (Wildman–Crippen LogP) is 1.70. The van der Waals surface area contributed by atoms with Crippen molar-refractivity contribution in [3.63, 3.8) is 0 Å². The van der Waals surface area contributed by atoms with Crippen LogP contribution in [0.25, 0.3) is 0 Å². The van der Waals surface area contributed by atoms with Crippen LogP contribution in [-0.4, -0.2) is 24.9 Å². The summed E-state index contributed by atoms with van der Waals surface area (Å²) in [5.41, 5.74) is 0. The van der Waals surface area contributed by atoms with Crippen LogP contribution in [0.1, 0.15) is 46.0 Å². The SMILES string of the molecule is CC(C)C(=O)NCCNC(=O)CC1CC2CCC1C2. The zero-order chi connectivity index (χ0) is 13.8. The number of nitrogens with one attached hydrogen (secondary N) is 2. The highest BCUT2D eigenvalue weighted by Gasteiger charge is 2.39. The highest BCUT2D eigenvalue weighted by Crippen LogP contribution is 2.49. The van der Waals surface area contributed by atoms with Crippen LogP contribution in [-0.2, 0) is 9.59 Å². The fourth-order valence-electron chi connectivity index (χ4n) is 3.53. The van der Waals surface area contributed by atoms with Gasteiger partial charge >= 0.3 is 0 Å². The number of fused-ring (bicyclic) bond motifs is 2. The third kappa shape index (κ3) is 3.95. The lowest BCUT2D eigenvalue weighted by Crippen LogP contribution is -2.37. The van der Waals surface area contributed by atoms with Crippen molar-refractivity contribution in [2.45, 2.75) is 46.0 Å². The summed E-state index contributed by atoms with van der Waals surface area (Å²) in [6.45, 7) is 4.80. The van der Waals surface area contributed by atoms with Crippen LogP contribution >= 0.6 is 0 Å². The Morgan fingerprint density at radius 3 is 2.42 bits per heavy atom. The van der Waals surface area contributed by atoms with Crippen LogP contribution in [0.15, 0.2) is 0 Å². The van der Waals surface area contributed by atoms with E-state index in [4.69, 9.17) is 0 Å². The van der Waals surface area contributed by atoms with Gasteiger partial charge in [0.15, 0.2) is 0 Å². The standard InChI is InChI=1S/C15H26N2O2/c1-10(2)15(19)17-6-5-16-14(18)9-13-8-11-3-4-12(13)7-11/h10-13H,3-9H2,1-2H3,(H,16,18)(H,17,19). The van der Waals surface area contributed by atoms with E-state index in [2.05, 4.69) is 10.6 Å². The molecule has 0 aromatic carbocycles. The van der Waals surface area contributed by atoms with Gasteiger partial charge in [-0.1, -0.05) is 20.3 Å². The van der Waals surface area contributed by atoms with Gasteiger partial charge in [-0.15, -0.1) is 0 Å².